The van der Waals surface area contributed by atoms with E-state index in [-0.39, 0.29) is 30.0 Å². The Morgan fingerprint density at radius 3 is 2.71 bits per heavy atom. The lowest BCUT2D eigenvalue weighted by molar-refractivity contribution is -0.205. The van der Waals surface area contributed by atoms with Gasteiger partial charge in [-0.1, -0.05) is 33.6 Å². The van der Waals surface area contributed by atoms with Gasteiger partial charge in [-0.3, -0.25) is 4.79 Å². The molecule has 5 fully saturated rings. The maximum atomic E-state index is 13.9. The van der Waals surface area contributed by atoms with Crippen molar-refractivity contribution in [3.05, 3.63) is 0 Å². The van der Waals surface area contributed by atoms with Crippen LogP contribution in [0.25, 0.3) is 0 Å². The molecule has 5 rings (SSSR count). The number of aliphatic hydroxyl groups excluding tert-OH is 2. The summed E-state index contributed by atoms with van der Waals surface area (Å²) in [6.07, 6.45) is 9.36. The topological polar surface area (TPSA) is 76.0 Å². The van der Waals surface area contributed by atoms with E-state index in [0.29, 0.717) is 36.6 Å². The van der Waals surface area contributed by atoms with Gasteiger partial charge in [0.1, 0.15) is 11.9 Å². The van der Waals surface area contributed by atoms with Crippen molar-refractivity contribution in [2.24, 2.45) is 34.5 Å². The third kappa shape index (κ3) is 3.14. The van der Waals surface area contributed by atoms with Crippen molar-refractivity contribution in [1.29, 1.82) is 0 Å². The highest BCUT2D eigenvalue weighted by molar-refractivity contribution is 6.44. The first-order valence-corrected chi connectivity index (χ1v) is 12.9. The van der Waals surface area contributed by atoms with E-state index >= 15 is 0 Å². The van der Waals surface area contributed by atoms with Crippen molar-refractivity contribution in [3.63, 3.8) is 0 Å². The SMILES string of the molecule is CCCCB1OCC(O)C2(CCC3C4CCC5CC(O)CCC5(C)C4C(=O)CC32C)O1. The summed E-state index contributed by atoms with van der Waals surface area (Å²) in [4.78, 5) is 13.9. The van der Waals surface area contributed by atoms with Crippen molar-refractivity contribution in [2.45, 2.75) is 109 Å². The Morgan fingerprint density at radius 2 is 1.94 bits per heavy atom. The summed E-state index contributed by atoms with van der Waals surface area (Å²) in [7, 11) is -0.264. The first-order chi connectivity index (χ1) is 14.7. The molecule has 1 saturated heterocycles. The summed E-state index contributed by atoms with van der Waals surface area (Å²) in [5.41, 5.74) is -0.957. The van der Waals surface area contributed by atoms with E-state index in [1.54, 1.807) is 0 Å². The highest BCUT2D eigenvalue weighted by Gasteiger charge is 2.70. The highest BCUT2D eigenvalue weighted by atomic mass is 16.6. The van der Waals surface area contributed by atoms with Gasteiger partial charge < -0.3 is 19.5 Å². The molecule has 6 heteroatoms. The molecule has 31 heavy (non-hydrogen) atoms. The molecule has 1 spiro atoms. The van der Waals surface area contributed by atoms with E-state index in [2.05, 4.69) is 20.8 Å². The molecule has 174 valence electrons. The van der Waals surface area contributed by atoms with Crippen LogP contribution in [0.5, 0.6) is 0 Å². The molecule has 0 bridgehead atoms. The van der Waals surface area contributed by atoms with Gasteiger partial charge in [-0.15, -0.1) is 0 Å². The van der Waals surface area contributed by atoms with Crippen LogP contribution in [0.3, 0.4) is 0 Å². The zero-order chi connectivity index (χ0) is 22.0. The Hall–Kier alpha value is -0.425. The van der Waals surface area contributed by atoms with Gasteiger partial charge in [0.2, 0.25) is 0 Å². The fourth-order valence-corrected chi connectivity index (χ4v) is 9.00. The number of rotatable bonds is 3. The fourth-order valence-electron chi connectivity index (χ4n) is 9.00. The molecule has 5 nitrogen and oxygen atoms in total. The summed E-state index contributed by atoms with van der Waals surface area (Å²) in [6, 6.07) is 0. The summed E-state index contributed by atoms with van der Waals surface area (Å²) < 4.78 is 12.5. The van der Waals surface area contributed by atoms with Crippen molar-refractivity contribution in [1.82, 2.24) is 0 Å². The molecule has 0 aromatic heterocycles. The molecule has 9 atom stereocenters. The van der Waals surface area contributed by atoms with Crippen molar-refractivity contribution >= 4 is 12.9 Å². The number of fused-ring (bicyclic) bond motifs is 6. The van der Waals surface area contributed by atoms with Gasteiger partial charge in [0, 0.05) is 17.8 Å². The van der Waals surface area contributed by atoms with Gasteiger partial charge in [-0.05, 0) is 74.4 Å². The molecule has 2 N–H and O–H groups in total. The minimum Gasteiger partial charge on any atom is -0.408 e. The maximum Gasteiger partial charge on any atom is 0.457 e. The van der Waals surface area contributed by atoms with Gasteiger partial charge in [0.05, 0.1) is 18.3 Å². The lowest BCUT2D eigenvalue weighted by atomic mass is 9.43. The molecule has 1 aliphatic heterocycles. The van der Waals surface area contributed by atoms with Gasteiger partial charge in [0.25, 0.3) is 0 Å². The first kappa shape index (κ1) is 22.4. The molecule has 0 radical (unpaired) electrons. The predicted octanol–water partition coefficient (Wildman–Crippen LogP) is 4.00. The molecule has 1 heterocycles. The van der Waals surface area contributed by atoms with Crippen LogP contribution in [0, 0.1) is 34.5 Å². The molecule has 0 aromatic carbocycles. The van der Waals surface area contributed by atoms with Crippen LogP contribution in [0.2, 0.25) is 6.32 Å². The van der Waals surface area contributed by atoms with Crippen LogP contribution in [-0.2, 0) is 14.1 Å². The minimum absolute atomic E-state index is 0.0229. The Labute approximate surface area is 187 Å². The first-order valence-electron chi connectivity index (χ1n) is 12.9. The normalized spacial score (nSPS) is 52.0. The Kier molecular flexibility index (Phi) is 5.64. The Balaban J connectivity index is 1.45. The second-order valence-electron chi connectivity index (χ2n) is 12.0. The highest BCUT2D eigenvalue weighted by Crippen LogP contribution is 2.68. The van der Waals surface area contributed by atoms with Crippen LogP contribution < -0.4 is 0 Å². The number of Topliss-reactive ketones (excluding diaryl/α,β-unsaturated/α-hetero) is 1. The molecular weight excluding hydrogens is 391 g/mol. The predicted molar refractivity (Wildman–Crippen MR) is 119 cm³/mol. The van der Waals surface area contributed by atoms with Gasteiger partial charge in [-0.25, -0.2) is 0 Å². The number of ketones is 1. The number of hydrogen-bond donors (Lipinski definition) is 2. The number of hydrogen-bond acceptors (Lipinski definition) is 5. The minimum atomic E-state index is -0.665. The molecule has 4 aliphatic carbocycles. The van der Waals surface area contributed by atoms with E-state index in [4.69, 9.17) is 9.31 Å². The molecule has 9 unspecified atom stereocenters. The second kappa shape index (κ2) is 7.82. The van der Waals surface area contributed by atoms with Crippen molar-refractivity contribution in [2.75, 3.05) is 6.61 Å². The molecule has 4 saturated carbocycles. The lowest BCUT2D eigenvalue weighted by Crippen LogP contribution is -2.67. The maximum absolute atomic E-state index is 13.9. The molecule has 0 aromatic rings. The Bertz CT molecular complexity index is 714. The van der Waals surface area contributed by atoms with Gasteiger partial charge >= 0.3 is 7.12 Å². The van der Waals surface area contributed by atoms with Crippen LogP contribution in [0.4, 0.5) is 0 Å². The third-order valence-corrected chi connectivity index (χ3v) is 10.6. The Morgan fingerprint density at radius 1 is 1.13 bits per heavy atom. The van der Waals surface area contributed by atoms with E-state index < -0.39 is 11.7 Å². The standard InChI is InChI=1S/C25H41BO5/c1-4-5-12-26-30-15-21(29)25(31-26)11-9-19-18-7-6-16-13-17(27)8-10-23(16,2)22(18)20(28)14-24(19,25)3/h16-19,21-22,27,29H,4-15H2,1-3H3. The quantitative estimate of drug-likeness (QED) is 0.660. The summed E-state index contributed by atoms with van der Waals surface area (Å²) >= 11 is 0. The van der Waals surface area contributed by atoms with Crippen LogP contribution in [0.15, 0.2) is 0 Å². The number of carbonyl (C=O) groups excluding carboxylic acids is 1. The molecule has 0 amide bonds. The fraction of sp³-hybridized carbons (Fsp3) is 0.960. The average Bonchev–Trinajstić information content (AvgIpc) is 3.01. The molecule has 5 aliphatic rings. The zero-order valence-electron chi connectivity index (χ0n) is 19.6. The average molecular weight is 432 g/mol. The lowest BCUT2D eigenvalue weighted by Gasteiger charge is -2.62. The number of carbonyl (C=O) groups is 1. The number of aliphatic hydroxyl groups is 2. The van der Waals surface area contributed by atoms with E-state index in [1.807, 2.05) is 0 Å². The number of unbranched alkanes of at least 4 members (excludes halogenated alkanes) is 1. The summed E-state index contributed by atoms with van der Waals surface area (Å²) in [5, 5.41) is 21.4. The summed E-state index contributed by atoms with van der Waals surface area (Å²) in [6.45, 7) is 7.06. The van der Waals surface area contributed by atoms with E-state index in [1.165, 1.54) is 0 Å². The van der Waals surface area contributed by atoms with Gasteiger partial charge in [-0.2, -0.15) is 0 Å². The van der Waals surface area contributed by atoms with E-state index in [0.717, 1.165) is 64.1 Å². The largest absolute Gasteiger partial charge is 0.457 e. The van der Waals surface area contributed by atoms with Gasteiger partial charge in [0.15, 0.2) is 0 Å². The molecular formula is C25H41BO5. The summed E-state index contributed by atoms with van der Waals surface area (Å²) in [5.74, 6) is 1.76. The van der Waals surface area contributed by atoms with Crippen LogP contribution >= 0.6 is 0 Å². The third-order valence-electron chi connectivity index (χ3n) is 10.6. The zero-order valence-corrected chi connectivity index (χ0v) is 19.6. The van der Waals surface area contributed by atoms with Crippen molar-refractivity contribution in [3.8, 4) is 0 Å². The smallest absolute Gasteiger partial charge is 0.408 e. The van der Waals surface area contributed by atoms with Crippen LogP contribution in [-0.4, -0.2) is 47.5 Å². The van der Waals surface area contributed by atoms with Crippen LogP contribution in [0.1, 0.15) is 85.0 Å². The monoisotopic (exact) mass is 432 g/mol. The second-order valence-corrected chi connectivity index (χ2v) is 12.0. The van der Waals surface area contributed by atoms with E-state index in [9.17, 15) is 15.0 Å². The van der Waals surface area contributed by atoms with Crippen molar-refractivity contribution < 1.29 is 24.3 Å².